The predicted molar refractivity (Wildman–Crippen MR) is 68.4 cm³/mol. The number of aryl methyl sites for hydroxylation is 1. The molecule has 2 aliphatic rings. The van der Waals surface area contributed by atoms with E-state index in [4.69, 9.17) is 4.42 Å². The molecule has 4 heteroatoms. The molecular weight excluding hydrogens is 228 g/mol. The highest BCUT2D eigenvalue weighted by atomic mass is 16.4. The number of carbonyl (C=O) groups is 1. The van der Waals surface area contributed by atoms with Crippen molar-refractivity contribution in [1.29, 1.82) is 0 Å². The Hall–Kier alpha value is -1.29. The molecule has 0 aliphatic carbocycles. The van der Waals surface area contributed by atoms with E-state index >= 15 is 0 Å². The molecule has 98 valence electrons. The lowest BCUT2D eigenvalue weighted by Crippen LogP contribution is -2.37. The Kier molecular flexibility index (Phi) is 2.90. The quantitative estimate of drug-likeness (QED) is 0.863. The van der Waals surface area contributed by atoms with Crippen LogP contribution in [0.15, 0.2) is 16.5 Å². The number of nitrogens with zero attached hydrogens (tertiary/aromatic N) is 1. The van der Waals surface area contributed by atoms with Crippen LogP contribution in [0.2, 0.25) is 0 Å². The highest BCUT2D eigenvalue weighted by Crippen LogP contribution is 2.33. The molecule has 0 radical (unpaired) electrons. The van der Waals surface area contributed by atoms with E-state index < -0.39 is 0 Å². The van der Waals surface area contributed by atoms with Crippen LogP contribution in [0.25, 0.3) is 0 Å². The molecule has 2 fully saturated rings. The first kappa shape index (κ1) is 11.8. The molecule has 0 bridgehead atoms. The summed E-state index contributed by atoms with van der Waals surface area (Å²) in [5, 5.41) is 3.41. The van der Waals surface area contributed by atoms with E-state index in [0.29, 0.717) is 23.6 Å². The molecule has 0 aromatic carbocycles. The van der Waals surface area contributed by atoms with Gasteiger partial charge in [0.05, 0.1) is 0 Å². The molecule has 2 aliphatic heterocycles. The summed E-state index contributed by atoms with van der Waals surface area (Å²) in [6.07, 6.45) is 0.831. The first-order chi connectivity index (χ1) is 8.70. The monoisotopic (exact) mass is 248 g/mol. The average molecular weight is 248 g/mol. The molecule has 18 heavy (non-hydrogen) atoms. The van der Waals surface area contributed by atoms with Crippen molar-refractivity contribution in [2.75, 3.05) is 19.6 Å². The molecule has 1 aromatic heterocycles. The predicted octanol–water partition coefficient (Wildman–Crippen LogP) is 1.52. The minimum absolute atomic E-state index is 0.0524. The number of fused-ring (bicyclic) bond motifs is 1. The van der Waals surface area contributed by atoms with Gasteiger partial charge in [0, 0.05) is 32.1 Å². The molecule has 3 unspecified atom stereocenters. The number of furan rings is 1. The summed E-state index contributed by atoms with van der Waals surface area (Å²) in [7, 11) is 0. The Morgan fingerprint density at radius 2 is 2.33 bits per heavy atom. The van der Waals surface area contributed by atoms with Gasteiger partial charge in [-0.2, -0.15) is 0 Å². The van der Waals surface area contributed by atoms with Gasteiger partial charge in [0.2, 0.25) is 0 Å². The molecule has 3 atom stereocenters. The van der Waals surface area contributed by atoms with Crippen molar-refractivity contribution >= 4 is 5.91 Å². The van der Waals surface area contributed by atoms with Crippen LogP contribution in [0.3, 0.4) is 0 Å². The van der Waals surface area contributed by atoms with Gasteiger partial charge in [0.15, 0.2) is 5.76 Å². The zero-order chi connectivity index (χ0) is 12.7. The second-order valence-corrected chi connectivity index (χ2v) is 5.40. The van der Waals surface area contributed by atoms with Crippen LogP contribution in [-0.2, 0) is 6.42 Å². The fourth-order valence-electron chi connectivity index (χ4n) is 3.26. The summed E-state index contributed by atoms with van der Waals surface area (Å²) in [4.78, 5) is 14.4. The average Bonchev–Trinajstić information content (AvgIpc) is 3.06. The Bertz CT molecular complexity index is 454. The van der Waals surface area contributed by atoms with Gasteiger partial charge in [-0.25, -0.2) is 0 Å². The van der Waals surface area contributed by atoms with Gasteiger partial charge in [-0.1, -0.05) is 6.92 Å². The van der Waals surface area contributed by atoms with Crippen molar-refractivity contribution in [1.82, 2.24) is 10.2 Å². The molecule has 3 heterocycles. The van der Waals surface area contributed by atoms with E-state index in [0.717, 1.165) is 31.8 Å². The summed E-state index contributed by atoms with van der Waals surface area (Å²) in [5.74, 6) is 2.65. The Morgan fingerprint density at radius 1 is 1.50 bits per heavy atom. The Balaban J connectivity index is 1.77. The van der Waals surface area contributed by atoms with Crippen LogP contribution in [0.5, 0.6) is 0 Å². The third kappa shape index (κ3) is 1.75. The van der Waals surface area contributed by atoms with E-state index in [1.54, 1.807) is 6.07 Å². The summed E-state index contributed by atoms with van der Waals surface area (Å²) in [5.41, 5.74) is 0. The summed E-state index contributed by atoms with van der Waals surface area (Å²) >= 11 is 0. The summed E-state index contributed by atoms with van der Waals surface area (Å²) < 4.78 is 5.57. The molecule has 2 saturated heterocycles. The molecule has 0 spiro atoms. The lowest BCUT2D eigenvalue weighted by Gasteiger charge is -2.23. The number of amides is 1. The van der Waals surface area contributed by atoms with Crippen LogP contribution in [0.1, 0.15) is 30.2 Å². The van der Waals surface area contributed by atoms with Crippen molar-refractivity contribution < 1.29 is 9.21 Å². The second-order valence-electron chi connectivity index (χ2n) is 5.40. The first-order valence-electron chi connectivity index (χ1n) is 6.81. The molecule has 1 amide bonds. The van der Waals surface area contributed by atoms with Crippen LogP contribution >= 0.6 is 0 Å². The van der Waals surface area contributed by atoms with Crippen LogP contribution in [-0.4, -0.2) is 36.5 Å². The van der Waals surface area contributed by atoms with Crippen molar-refractivity contribution in [3.63, 3.8) is 0 Å². The van der Waals surface area contributed by atoms with Crippen molar-refractivity contribution in [3.8, 4) is 0 Å². The number of hydrogen-bond donors (Lipinski definition) is 1. The largest absolute Gasteiger partial charge is 0.456 e. The maximum Gasteiger partial charge on any atom is 0.289 e. The zero-order valence-electron chi connectivity index (χ0n) is 11.0. The maximum atomic E-state index is 12.4. The third-order valence-corrected chi connectivity index (χ3v) is 4.42. The lowest BCUT2D eigenvalue weighted by atomic mass is 9.95. The zero-order valence-corrected chi connectivity index (χ0v) is 11.0. The van der Waals surface area contributed by atoms with Gasteiger partial charge in [-0.15, -0.1) is 0 Å². The van der Waals surface area contributed by atoms with Crippen molar-refractivity contribution in [3.05, 3.63) is 23.7 Å². The van der Waals surface area contributed by atoms with Gasteiger partial charge >= 0.3 is 0 Å². The number of nitrogens with one attached hydrogen (secondary N) is 1. The minimum Gasteiger partial charge on any atom is -0.456 e. The highest BCUT2D eigenvalue weighted by molar-refractivity contribution is 5.92. The van der Waals surface area contributed by atoms with Gasteiger partial charge in [0.1, 0.15) is 5.76 Å². The molecule has 4 nitrogen and oxygen atoms in total. The smallest absolute Gasteiger partial charge is 0.289 e. The van der Waals surface area contributed by atoms with Gasteiger partial charge < -0.3 is 14.6 Å². The van der Waals surface area contributed by atoms with E-state index in [9.17, 15) is 4.79 Å². The number of hydrogen-bond acceptors (Lipinski definition) is 3. The number of likely N-dealkylation sites (tertiary alicyclic amines) is 1. The summed E-state index contributed by atoms with van der Waals surface area (Å²) in [6, 6.07) is 4.02. The Labute approximate surface area is 107 Å². The minimum atomic E-state index is 0.0524. The fraction of sp³-hybridized carbons (Fsp3) is 0.643. The van der Waals surface area contributed by atoms with Crippen LogP contribution in [0, 0.1) is 11.8 Å². The third-order valence-electron chi connectivity index (χ3n) is 4.42. The van der Waals surface area contributed by atoms with E-state index in [-0.39, 0.29) is 5.91 Å². The van der Waals surface area contributed by atoms with E-state index in [1.165, 1.54) is 0 Å². The lowest BCUT2D eigenvalue weighted by molar-refractivity contribution is 0.0694. The SMILES string of the molecule is CCc1ccc(C(=O)N2CC3CNCC3C2C)o1. The van der Waals surface area contributed by atoms with Crippen molar-refractivity contribution in [2.24, 2.45) is 11.8 Å². The second kappa shape index (κ2) is 4.43. The molecule has 0 saturated carbocycles. The molecular formula is C14H20N2O2. The topological polar surface area (TPSA) is 45.5 Å². The van der Waals surface area contributed by atoms with E-state index in [2.05, 4.69) is 12.2 Å². The normalized spacial score (nSPS) is 30.8. The number of carbonyl (C=O) groups excluding carboxylic acids is 1. The van der Waals surface area contributed by atoms with E-state index in [1.807, 2.05) is 17.9 Å². The maximum absolute atomic E-state index is 12.4. The van der Waals surface area contributed by atoms with Crippen LogP contribution in [0.4, 0.5) is 0 Å². The summed E-state index contributed by atoms with van der Waals surface area (Å²) in [6.45, 7) is 7.12. The number of rotatable bonds is 2. The fourth-order valence-corrected chi connectivity index (χ4v) is 3.26. The standard InChI is InChI=1S/C14H20N2O2/c1-3-11-4-5-13(18-11)14(17)16-8-10-6-15-7-12(10)9(16)2/h4-5,9-10,12,15H,3,6-8H2,1-2H3. The molecule has 3 rings (SSSR count). The van der Waals surface area contributed by atoms with Crippen molar-refractivity contribution in [2.45, 2.75) is 26.3 Å². The molecule has 1 aromatic rings. The Morgan fingerprint density at radius 3 is 3.00 bits per heavy atom. The van der Waals surface area contributed by atoms with Gasteiger partial charge in [0.25, 0.3) is 5.91 Å². The highest BCUT2D eigenvalue weighted by Gasteiger charge is 2.44. The van der Waals surface area contributed by atoms with Crippen LogP contribution < -0.4 is 5.32 Å². The molecule has 1 N–H and O–H groups in total. The first-order valence-corrected chi connectivity index (χ1v) is 6.81. The van der Waals surface area contributed by atoms with Gasteiger partial charge in [-0.3, -0.25) is 4.79 Å². The van der Waals surface area contributed by atoms with Gasteiger partial charge in [-0.05, 0) is 30.9 Å².